The summed E-state index contributed by atoms with van der Waals surface area (Å²) >= 11 is 1.49. The van der Waals surface area contributed by atoms with E-state index in [1.165, 1.54) is 11.3 Å². The molecule has 0 saturated heterocycles. The van der Waals surface area contributed by atoms with Gasteiger partial charge in [0.1, 0.15) is 0 Å². The minimum Gasteiger partial charge on any atom is -0.310 e. The standard InChI is InChI=1S/C8H11NOS/c1-2-9-6-7(10)8-4-3-5-11-8/h3-5,9H,2,6H2,1H3. The van der Waals surface area contributed by atoms with Gasteiger partial charge in [-0.1, -0.05) is 13.0 Å². The van der Waals surface area contributed by atoms with Gasteiger partial charge in [0.15, 0.2) is 5.78 Å². The van der Waals surface area contributed by atoms with Crippen LogP contribution in [-0.2, 0) is 0 Å². The number of carbonyl (C=O) groups is 1. The Hall–Kier alpha value is -0.670. The topological polar surface area (TPSA) is 29.1 Å². The van der Waals surface area contributed by atoms with E-state index in [9.17, 15) is 4.79 Å². The van der Waals surface area contributed by atoms with E-state index < -0.39 is 0 Å². The first-order valence-electron chi connectivity index (χ1n) is 3.62. The van der Waals surface area contributed by atoms with Crippen LogP contribution in [0.4, 0.5) is 0 Å². The number of rotatable bonds is 4. The van der Waals surface area contributed by atoms with Gasteiger partial charge in [-0.15, -0.1) is 11.3 Å². The Kier molecular flexibility index (Phi) is 3.26. The van der Waals surface area contributed by atoms with Gasteiger partial charge in [0.2, 0.25) is 0 Å². The molecule has 1 heterocycles. The summed E-state index contributed by atoms with van der Waals surface area (Å²) in [6.07, 6.45) is 0. The van der Waals surface area contributed by atoms with Crippen molar-refractivity contribution in [2.45, 2.75) is 6.92 Å². The van der Waals surface area contributed by atoms with Gasteiger partial charge in [-0.05, 0) is 18.0 Å². The first kappa shape index (κ1) is 8.43. The van der Waals surface area contributed by atoms with Gasteiger partial charge >= 0.3 is 0 Å². The van der Waals surface area contributed by atoms with Crippen molar-refractivity contribution in [3.8, 4) is 0 Å². The van der Waals surface area contributed by atoms with Gasteiger partial charge in [0.25, 0.3) is 0 Å². The number of hydrogen-bond donors (Lipinski definition) is 1. The van der Waals surface area contributed by atoms with Crippen molar-refractivity contribution in [1.29, 1.82) is 0 Å². The lowest BCUT2D eigenvalue weighted by Crippen LogP contribution is -2.21. The Morgan fingerprint density at radius 1 is 1.73 bits per heavy atom. The monoisotopic (exact) mass is 169 g/mol. The minimum absolute atomic E-state index is 0.182. The Bertz CT molecular complexity index is 218. The van der Waals surface area contributed by atoms with Gasteiger partial charge in [0, 0.05) is 0 Å². The molecule has 0 spiro atoms. The molecule has 0 aliphatic rings. The van der Waals surface area contributed by atoms with E-state index in [0.717, 1.165) is 11.4 Å². The molecule has 0 radical (unpaired) electrons. The molecule has 0 aliphatic heterocycles. The Morgan fingerprint density at radius 2 is 2.55 bits per heavy atom. The maximum atomic E-state index is 11.2. The molecule has 0 aromatic carbocycles. The van der Waals surface area contributed by atoms with Crippen LogP contribution in [-0.4, -0.2) is 18.9 Å². The average Bonchev–Trinajstić information content (AvgIpc) is 2.52. The molecule has 1 aromatic heterocycles. The Labute approximate surface area is 70.2 Å². The molecule has 0 saturated carbocycles. The van der Waals surface area contributed by atoms with Crippen LogP contribution >= 0.6 is 11.3 Å². The third-order valence-corrected chi connectivity index (χ3v) is 2.24. The number of hydrogen-bond acceptors (Lipinski definition) is 3. The smallest absolute Gasteiger partial charge is 0.186 e. The summed E-state index contributed by atoms with van der Waals surface area (Å²) < 4.78 is 0. The molecular formula is C8H11NOS. The molecule has 2 nitrogen and oxygen atoms in total. The summed E-state index contributed by atoms with van der Waals surface area (Å²) in [4.78, 5) is 12.1. The first-order chi connectivity index (χ1) is 5.34. The van der Waals surface area contributed by atoms with Gasteiger partial charge in [-0.2, -0.15) is 0 Å². The zero-order valence-corrected chi connectivity index (χ0v) is 7.28. The van der Waals surface area contributed by atoms with Gasteiger partial charge < -0.3 is 5.32 Å². The number of thiophene rings is 1. The second-order valence-electron chi connectivity index (χ2n) is 2.18. The van der Waals surface area contributed by atoms with Gasteiger partial charge in [-0.3, -0.25) is 4.79 Å². The van der Waals surface area contributed by atoms with Crippen molar-refractivity contribution in [3.05, 3.63) is 22.4 Å². The molecule has 1 rings (SSSR count). The molecule has 1 N–H and O–H groups in total. The minimum atomic E-state index is 0.182. The number of Topliss-reactive ketones (excluding diaryl/α,β-unsaturated/α-hetero) is 1. The molecule has 0 atom stereocenters. The fraction of sp³-hybridized carbons (Fsp3) is 0.375. The summed E-state index contributed by atoms with van der Waals surface area (Å²) in [7, 11) is 0. The van der Waals surface area contributed by atoms with Crippen molar-refractivity contribution < 1.29 is 4.79 Å². The maximum absolute atomic E-state index is 11.2. The van der Waals surface area contributed by atoms with Crippen LogP contribution in [0.25, 0.3) is 0 Å². The zero-order valence-electron chi connectivity index (χ0n) is 6.46. The Morgan fingerprint density at radius 3 is 3.09 bits per heavy atom. The zero-order chi connectivity index (χ0) is 8.10. The Balaban J connectivity index is 2.43. The molecule has 0 fully saturated rings. The van der Waals surface area contributed by atoms with E-state index in [1.807, 2.05) is 24.4 Å². The summed E-state index contributed by atoms with van der Waals surface area (Å²) in [6.45, 7) is 3.29. The van der Waals surface area contributed by atoms with E-state index in [-0.39, 0.29) is 5.78 Å². The fourth-order valence-corrected chi connectivity index (χ4v) is 1.43. The largest absolute Gasteiger partial charge is 0.310 e. The van der Waals surface area contributed by atoms with Crippen LogP contribution in [0.3, 0.4) is 0 Å². The second kappa shape index (κ2) is 4.26. The quantitative estimate of drug-likeness (QED) is 0.693. The van der Waals surface area contributed by atoms with Crippen molar-refractivity contribution in [2.24, 2.45) is 0 Å². The van der Waals surface area contributed by atoms with E-state index in [2.05, 4.69) is 5.32 Å². The molecule has 60 valence electrons. The van der Waals surface area contributed by atoms with Crippen molar-refractivity contribution in [3.63, 3.8) is 0 Å². The molecule has 0 bridgehead atoms. The molecule has 0 aliphatic carbocycles. The SMILES string of the molecule is CCNCC(=O)c1cccs1. The second-order valence-corrected chi connectivity index (χ2v) is 3.13. The normalized spacial score (nSPS) is 9.91. The van der Waals surface area contributed by atoms with E-state index in [0.29, 0.717) is 6.54 Å². The lowest BCUT2D eigenvalue weighted by molar-refractivity contribution is 0.0995. The number of likely N-dealkylation sites (N-methyl/N-ethyl adjacent to an activating group) is 1. The highest BCUT2D eigenvalue weighted by Crippen LogP contribution is 2.08. The molecule has 0 amide bonds. The lowest BCUT2D eigenvalue weighted by atomic mass is 10.3. The van der Waals surface area contributed by atoms with Crippen molar-refractivity contribution in [2.75, 3.05) is 13.1 Å². The number of carbonyl (C=O) groups excluding carboxylic acids is 1. The highest BCUT2D eigenvalue weighted by atomic mass is 32.1. The lowest BCUT2D eigenvalue weighted by Gasteiger charge is -1.96. The predicted octanol–water partition coefficient (Wildman–Crippen LogP) is 1.54. The van der Waals surface area contributed by atoms with Crippen LogP contribution in [0.5, 0.6) is 0 Å². The van der Waals surface area contributed by atoms with Crippen LogP contribution < -0.4 is 5.32 Å². The summed E-state index contributed by atoms with van der Waals surface area (Å²) in [6, 6.07) is 3.74. The van der Waals surface area contributed by atoms with E-state index in [1.54, 1.807) is 0 Å². The third-order valence-electron chi connectivity index (χ3n) is 1.33. The van der Waals surface area contributed by atoms with Crippen LogP contribution in [0.15, 0.2) is 17.5 Å². The van der Waals surface area contributed by atoms with Crippen LogP contribution in [0.1, 0.15) is 16.6 Å². The van der Waals surface area contributed by atoms with Crippen molar-refractivity contribution in [1.82, 2.24) is 5.32 Å². The maximum Gasteiger partial charge on any atom is 0.186 e. The summed E-state index contributed by atoms with van der Waals surface area (Å²) in [5.74, 6) is 0.182. The van der Waals surface area contributed by atoms with Crippen molar-refractivity contribution >= 4 is 17.1 Å². The van der Waals surface area contributed by atoms with Crippen LogP contribution in [0, 0.1) is 0 Å². The van der Waals surface area contributed by atoms with Gasteiger partial charge in [-0.25, -0.2) is 0 Å². The van der Waals surface area contributed by atoms with E-state index >= 15 is 0 Å². The number of nitrogens with one attached hydrogen (secondary N) is 1. The fourth-order valence-electron chi connectivity index (χ4n) is 0.763. The summed E-state index contributed by atoms with van der Waals surface area (Å²) in [5, 5.41) is 4.91. The van der Waals surface area contributed by atoms with E-state index in [4.69, 9.17) is 0 Å². The first-order valence-corrected chi connectivity index (χ1v) is 4.50. The molecule has 11 heavy (non-hydrogen) atoms. The summed E-state index contributed by atoms with van der Waals surface area (Å²) in [5.41, 5.74) is 0. The molecule has 3 heteroatoms. The highest BCUT2D eigenvalue weighted by Gasteiger charge is 2.03. The molecule has 0 unspecified atom stereocenters. The van der Waals surface area contributed by atoms with Crippen LogP contribution in [0.2, 0.25) is 0 Å². The predicted molar refractivity (Wildman–Crippen MR) is 47.2 cm³/mol. The average molecular weight is 169 g/mol. The molecular weight excluding hydrogens is 158 g/mol. The van der Waals surface area contributed by atoms with Gasteiger partial charge in [0.05, 0.1) is 11.4 Å². The highest BCUT2D eigenvalue weighted by molar-refractivity contribution is 7.12. The molecule has 1 aromatic rings. The third kappa shape index (κ3) is 2.44. The number of ketones is 1.